The lowest BCUT2D eigenvalue weighted by Gasteiger charge is -2.05. The first-order valence-corrected chi connectivity index (χ1v) is 9.79. The van der Waals surface area contributed by atoms with Gasteiger partial charge in [-0.25, -0.2) is 18.4 Å². The molecule has 0 atom stereocenters. The van der Waals surface area contributed by atoms with Crippen molar-refractivity contribution in [3.8, 4) is 5.75 Å². The summed E-state index contributed by atoms with van der Waals surface area (Å²) in [7, 11) is 0. The molecule has 0 aliphatic carbocycles. The van der Waals surface area contributed by atoms with E-state index in [1.165, 1.54) is 25.3 Å². The Morgan fingerprint density at radius 2 is 1.94 bits per heavy atom. The molecule has 0 saturated carbocycles. The van der Waals surface area contributed by atoms with Gasteiger partial charge < -0.3 is 14.6 Å². The number of nitrogens with one attached hydrogen (secondary N) is 1. The lowest BCUT2D eigenvalue weighted by Crippen LogP contribution is -2.16. The van der Waals surface area contributed by atoms with Gasteiger partial charge in [0, 0.05) is 25.1 Å². The zero-order chi connectivity index (χ0) is 23.4. The third-order valence-corrected chi connectivity index (χ3v) is 4.30. The van der Waals surface area contributed by atoms with E-state index in [-0.39, 0.29) is 17.8 Å². The first-order valence-electron chi connectivity index (χ1n) is 9.79. The number of carbonyl (C=O) groups is 2. The summed E-state index contributed by atoms with van der Waals surface area (Å²) in [6, 6.07) is 1.21. The molecule has 31 heavy (non-hydrogen) atoms. The van der Waals surface area contributed by atoms with Crippen LogP contribution in [0.15, 0.2) is 50.9 Å². The molecule has 1 heterocycles. The number of rotatable bonds is 12. The molecular formula is C22H27F2NO6. The Bertz CT molecular complexity index is 915. The van der Waals surface area contributed by atoms with Crippen LogP contribution >= 0.6 is 0 Å². The highest BCUT2D eigenvalue weighted by atomic mass is 19.3. The van der Waals surface area contributed by atoms with Crippen LogP contribution in [-0.4, -0.2) is 28.5 Å². The van der Waals surface area contributed by atoms with E-state index in [9.17, 15) is 28.3 Å². The Hall–Kier alpha value is -3.23. The van der Waals surface area contributed by atoms with Crippen LogP contribution in [0.25, 0.3) is 0 Å². The number of allylic oxidation sites excluding steroid dienone is 5. The van der Waals surface area contributed by atoms with Crippen LogP contribution in [0, 0.1) is 0 Å². The van der Waals surface area contributed by atoms with Crippen LogP contribution < -0.4 is 10.9 Å². The molecule has 1 aromatic rings. The van der Waals surface area contributed by atoms with Crippen molar-refractivity contribution in [1.82, 2.24) is 5.32 Å². The second kappa shape index (κ2) is 13.1. The summed E-state index contributed by atoms with van der Waals surface area (Å²) in [6.07, 6.45) is 4.42. The fourth-order valence-corrected chi connectivity index (χ4v) is 2.63. The molecule has 1 rings (SSSR count). The number of Topliss-reactive ketones (excluding diaryl/α,β-unsaturated/α-hetero) is 1. The van der Waals surface area contributed by atoms with Crippen molar-refractivity contribution in [1.29, 1.82) is 0 Å². The van der Waals surface area contributed by atoms with Gasteiger partial charge in [0.1, 0.15) is 17.1 Å². The number of carbonyl (C=O) groups excluding carboxylic acids is 1. The Balaban J connectivity index is 2.77. The minimum absolute atomic E-state index is 0.191. The molecule has 0 aliphatic rings. The van der Waals surface area contributed by atoms with Gasteiger partial charge in [0.15, 0.2) is 5.78 Å². The second-order valence-electron chi connectivity index (χ2n) is 6.98. The van der Waals surface area contributed by atoms with E-state index in [1.807, 2.05) is 0 Å². The van der Waals surface area contributed by atoms with Crippen LogP contribution in [0.2, 0.25) is 0 Å². The SMILES string of the molecule is C/C(=C\C=C(/C)C(=O)c1c(O)cc(CCC/C=C/NC(=O)O)oc1=O)CCCC(F)F. The van der Waals surface area contributed by atoms with Crippen molar-refractivity contribution >= 4 is 11.9 Å². The predicted molar refractivity (Wildman–Crippen MR) is 112 cm³/mol. The lowest BCUT2D eigenvalue weighted by molar-refractivity contribution is 0.102. The molecule has 1 aromatic heterocycles. The monoisotopic (exact) mass is 439 g/mol. The van der Waals surface area contributed by atoms with E-state index in [0.717, 1.165) is 5.57 Å². The Morgan fingerprint density at radius 1 is 1.23 bits per heavy atom. The predicted octanol–water partition coefficient (Wildman–Crippen LogP) is 4.96. The highest BCUT2D eigenvalue weighted by Crippen LogP contribution is 2.20. The fraction of sp³-hybridized carbons (Fsp3) is 0.409. The van der Waals surface area contributed by atoms with E-state index in [4.69, 9.17) is 9.52 Å². The quantitative estimate of drug-likeness (QED) is 0.183. The lowest BCUT2D eigenvalue weighted by atomic mass is 10.0. The smallest absolute Gasteiger partial charge is 0.408 e. The summed E-state index contributed by atoms with van der Waals surface area (Å²) >= 11 is 0. The van der Waals surface area contributed by atoms with Crippen molar-refractivity contribution in [3.05, 3.63) is 63.4 Å². The first kappa shape index (κ1) is 25.8. The number of unbranched alkanes of at least 4 members (excludes halogenated alkanes) is 1. The molecule has 170 valence electrons. The molecule has 0 bridgehead atoms. The van der Waals surface area contributed by atoms with Crippen molar-refractivity contribution in [2.45, 2.75) is 58.8 Å². The van der Waals surface area contributed by atoms with Gasteiger partial charge in [-0.15, -0.1) is 0 Å². The maximum atomic E-state index is 12.5. The summed E-state index contributed by atoms with van der Waals surface area (Å²) in [6.45, 7) is 3.24. The number of alkyl halides is 2. The largest absolute Gasteiger partial charge is 0.507 e. The number of aromatic hydroxyl groups is 1. The molecule has 7 nitrogen and oxygen atoms in total. The highest BCUT2D eigenvalue weighted by molar-refractivity contribution is 6.09. The van der Waals surface area contributed by atoms with E-state index in [0.29, 0.717) is 32.1 Å². The Kier molecular flexibility index (Phi) is 10.9. The summed E-state index contributed by atoms with van der Waals surface area (Å²) < 4.78 is 29.5. The maximum absolute atomic E-state index is 12.5. The molecule has 9 heteroatoms. The van der Waals surface area contributed by atoms with Crippen LogP contribution in [-0.2, 0) is 6.42 Å². The highest BCUT2D eigenvalue weighted by Gasteiger charge is 2.20. The number of carboxylic acid groups (broad SMARTS) is 1. The topological polar surface area (TPSA) is 117 Å². The van der Waals surface area contributed by atoms with Gasteiger partial charge in [-0.2, -0.15) is 0 Å². The van der Waals surface area contributed by atoms with E-state index >= 15 is 0 Å². The van der Waals surface area contributed by atoms with Gasteiger partial charge in [0.25, 0.3) is 0 Å². The number of amides is 1. The number of hydrogen-bond acceptors (Lipinski definition) is 5. The molecule has 0 spiro atoms. The first-order chi connectivity index (χ1) is 14.6. The number of hydrogen-bond donors (Lipinski definition) is 3. The summed E-state index contributed by atoms with van der Waals surface area (Å²) in [5.74, 6) is -0.961. The average Bonchev–Trinajstić information content (AvgIpc) is 2.67. The van der Waals surface area contributed by atoms with Crippen molar-refractivity contribution in [2.75, 3.05) is 0 Å². The minimum atomic E-state index is -2.35. The molecule has 0 aromatic carbocycles. The average molecular weight is 439 g/mol. The third kappa shape index (κ3) is 9.88. The van der Waals surface area contributed by atoms with E-state index < -0.39 is 35.2 Å². The zero-order valence-electron chi connectivity index (χ0n) is 17.5. The van der Waals surface area contributed by atoms with Crippen LogP contribution in [0.5, 0.6) is 5.75 Å². The number of aryl methyl sites for hydroxylation is 1. The van der Waals surface area contributed by atoms with Crippen LogP contribution in [0.3, 0.4) is 0 Å². The Labute approximate surface area is 178 Å². The molecule has 1 amide bonds. The van der Waals surface area contributed by atoms with Gasteiger partial charge in [-0.05, 0) is 45.1 Å². The van der Waals surface area contributed by atoms with Gasteiger partial charge in [0.05, 0.1) is 0 Å². The molecule has 0 saturated heterocycles. The van der Waals surface area contributed by atoms with Gasteiger partial charge >= 0.3 is 11.7 Å². The van der Waals surface area contributed by atoms with E-state index in [1.54, 1.807) is 19.1 Å². The summed E-state index contributed by atoms with van der Waals surface area (Å²) in [5.41, 5.74) is -0.410. The normalized spacial score (nSPS) is 12.5. The molecule has 0 unspecified atom stereocenters. The molecule has 0 fully saturated rings. The minimum Gasteiger partial charge on any atom is -0.507 e. The second-order valence-corrected chi connectivity index (χ2v) is 6.98. The molecule has 0 radical (unpaired) electrons. The van der Waals surface area contributed by atoms with E-state index in [2.05, 4.69) is 5.32 Å². The van der Waals surface area contributed by atoms with Crippen LogP contribution in [0.4, 0.5) is 13.6 Å². The van der Waals surface area contributed by atoms with Crippen molar-refractivity contribution in [3.63, 3.8) is 0 Å². The Morgan fingerprint density at radius 3 is 2.55 bits per heavy atom. The van der Waals surface area contributed by atoms with Gasteiger partial charge in [-0.1, -0.05) is 23.8 Å². The third-order valence-electron chi connectivity index (χ3n) is 4.30. The number of ketones is 1. The van der Waals surface area contributed by atoms with Gasteiger partial charge in [-0.3, -0.25) is 10.1 Å². The molecular weight excluding hydrogens is 412 g/mol. The molecule has 0 aliphatic heterocycles. The fourth-order valence-electron chi connectivity index (χ4n) is 2.63. The van der Waals surface area contributed by atoms with Crippen LogP contribution in [0.1, 0.15) is 62.1 Å². The van der Waals surface area contributed by atoms with Crippen molar-refractivity contribution < 1.29 is 33.0 Å². The summed E-state index contributed by atoms with van der Waals surface area (Å²) in [5, 5.41) is 20.7. The zero-order valence-corrected chi connectivity index (χ0v) is 17.5. The maximum Gasteiger partial charge on any atom is 0.408 e. The molecule has 3 N–H and O–H groups in total. The van der Waals surface area contributed by atoms with Gasteiger partial charge in [0.2, 0.25) is 6.43 Å². The van der Waals surface area contributed by atoms with Crippen molar-refractivity contribution in [2.24, 2.45) is 0 Å². The summed E-state index contributed by atoms with van der Waals surface area (Å²) in [4.78, 5) is 35.0. The number of halogens is 2. The standard InChI is InChI=1S/C22H27F2NO6/c1-14(7-6-9-18(23)24)10-11-15(2)20(27)19-17(26)13-16(31-21(19)28)8-4-3-5-12-25-22(29)30/h5,10-13,18,25-26H,3-4,6-9H2,1-2H3,(H,29,30)/b12-5+,14-10+,15-11+.